The lowest BCUT2D eigenvalue weighted by Crippen LogP contribution is -2.42. The lowest BCUT2D eigenvalue weighted by Gasteiger charge is -2.26. The molecular weight excluding hydrogens is 468 g/mol. The number of nitrogens with zero attached hydrogens (tertiary/aromatic N) is 3. The molecule has 0 saturated carbocycles. The Morgan fingerprint density at radius 3 is 2.91 bits per heavy atom. The summed E-state index contributed by atoms with van der Waals surface area (Å²) < 4.78 is 19.1. The van der Waals surface area contributed by atoms with Gasteiger partial charge in [0.1, 0.15) is 5.82 Å². The predicted octanol–water partition coefficient (Wildman–Crippen LogP) is 4.31. The highest BCUT2D eigenvalue weighted by molar-refractivity contribution is 6.30. The minimum atomic E-state index is -0.440. The van der Waals surface area contributed by atoms with Gasteiger partial charge in [0.05, 0.1) is 0 Å². The molecule has 10 heteroatoms. The highest BCUT2D eigenvalue weighted by Crippen LogP contribution is 2.23. The number of carbonyl (C=O) groups is 1. The average Bonchev–Trinajstić information content (AvgIpc) is 3.43. The van der Waals surface area contributed by atoms with E-state index in [0.29, 0.717) is 35.9 Å². The van der Waals surface area contributed by atoms with Gasteiger partial charge in [-0.05, 0) is 43.0 Å². The Hall–Kier alpha value is -2.68. The molecule has 33 heavy (non-hydrogen) atoms. The summed E-state index contributed by atoms with van der Waals surface area (Å²) >= 11 is 6.02. The van der Waals surface area contributed by atoms with E-state index in [9.17, 15) is 9.18 Å². The number of hydrogen-bond acceptors (Lipinski definition) is 6. The van der Waals surface area contributed by atoms with Crippen LogP contribution in [-0.2, 0) is 11.2 Å². The zero-order valence-corrected chi connectivity index (χ0v) is 19.5. The highest BCUT2D eigenvalue weighted by atomic mass is 35.5. The van der Waals surface area contributed by atoms with Gasteiger partial charge in [-0.1, -0.05) is 47.1 Å². The molecule has 0 bridgehead atoms. The molecule has 1 fully saturated rings. The van der Waals surface area contributed by atoms with Crippen LogP contribution in [0.5, 0.6) is 0 Å². The van der Waals surface area contributed by atoms with Gasteiger partial charge in [-0.15, -0.1) is 12.4 Å². The molecule has 2 atom stereocenters. The molecule has 2 heterocycles. The smallest absolute Gasteiger partial charge is 0.321 e. The fourth-order valence-electron chi connectivity index (χ4n) is 3.98. The number of anilines is 1. The van der Waals surface area contributed by atoms with E-state index in [1.54, 1.807) is 30.3 Å². The van der Waals surface area contributed by atoms with Crippen molar-refractivity contribution in [2.45, 2.75) is 37.8 Å². The average molecular weight is 494 g/mol. The third-order valence-electron chi connectivity index (χ3n) is 5.57. The Labute approximate surface area is 202 Å². The van der Waals surface area contributed by atoms with Crippen molar-refractivity contribution in [3.63, 3.8) is 0 Å². The number of halogens is 3. The molecule has 1 amide bonds. The monoisotopic (exact) mass is 493 g/mol. The summed E-state index contributed by atoms with van der Waals surface area (Å²) in [6.07, 6.45) is 2.28. The lowest BCUT2D eigenvalue weighted by molar-refractivity contribution is -0.132. The Morgan fingerprint density at radius 2 is 2.12 bits per heavy atom. The number of nitrogens with two attached hydrogens (primary N) is 1. The summed E-state index contributed by atoms with van der Waals surface area (Å²) in [5.41, 5.74) is 7.44. The third kappa shape index (κ3) is 6.43. The van der Waals surface area contributed by atoms with E-state index in [0.717, 1.165) is 18.4 Å². The largest absolute Gasteiger partial charge is 0.338 e. The van der Waals surface area contributed by atoms with E-state index in [-0.39, 0.29) is 42.6 Å². The second kappa shape index (κ2) is 11.4. The van der Waals surface area contributed by atoms with Gasteiger partial charge >= 0.3 is 6.01 Å². The highest BCUT2D eigenvalue weighted by Gasteiger charge is 2.29. The minimum absolute atomic E-state index is 0. The van der Waals surface area contributed by atoms with Crippen LogP contribution in [0.4, 0.5) is 10.4 Å². The van der Waals surface area contributed by atoms with E-state index in [1.807, 2.05) is 17.0 Å². The van der Waals surface area contributed by atoms with Gasteiger partial charge in [-0.3, -0.25) is 4.79 Å². The zero-order valence-electron chi connectivity index (χ0n) is 17.9. The van der Waals surface area contributed by atoms with Crippen molar-refractivity contribution in [3.05, 3.63) is 64.9 Å². The number of likely N-dealkylation sites (tertiary alicyclic amines) is 1. The van der Waals surface area contributed by atoms with Gasteiger partial charge in [0, 0.05) is 42.2 Å². The van der Waals surface area contributed by atoms with Crippen LogP contribution in [0, 0.1) is 5.82 Å². The molecule has 176 valence electrons. The van der Waals surface area contributed by atoms with Crippen molar-refractivity contribution in [1.82, 2.24) is 15.0 Å². The minimum Gasteiger partial charge on any atom is -0.338 e. The number of carbonyl (C=O) groups excluding carboxylic acids is 1. The molecule has 2 aromatic carbocycles. The zero-order chi connectivity index (χ0) is 22.5. The van der Waals surface area contributed by atoms with E-state index < -0.39 is 6.04 Å². The SMILES string of the molecule is Cl.N[C@@H](CC(=O)N1CCCC1CNc1nc(-c2cccc(Cl)c2)no1)Cc1ccccc1F. The summed E-state index contributed by atoms with van der Waals surface area (Å²) in [6, 6.07) is 13.6. The summed E-state index contributed by atoms with van der Waals surface area (Å²) in [4.78, 5) is 19.0. The fourth-order valence-corrected chi connectivity index (χ4v) is 4.17. The Balaban J connectivity index is 0.00000306. The van der Waals surface area contributed by atoms with Crippen molar-refractivity contribution in [2.24, 2.45) is 5.73 Å². The molecule has 1 unspecified atom stereocenters. The summed E-state index contributed by atoms with van der Waals surface area (Å²) in [6.45, 7) is 1.17. The number of benzene rings is 2. The standard InChI is InChI=1S/C23H25ClFN5O2.ClH/c24-17-7-3-6-16(11-17)22-28-23(32-29-22)27-14-19-8-4-10-30(19)21(31)13-18(26)12-15-5-1-2-9-20(15)25;/h1-3,5-7,9,11,18-19H,4,8,10,12-14,26H2,(H,27,28,29);1H/t18-,19?;/m1./s1. The van der Waals surface area contributed by atoms with Crippen molar-refractivity contribution in [1.29, 1.82) is 0 Å². The van der Waals surface area contributed by atoms with E-state index >= 15 is 0 Å². The maximum atomic E-state index is 13.9. The second-order valence-electron chi connectivity index (χ2n) is 7.96. The van der Waals surface area contributed by atoms with Gasteiger partial charge < -0.3 is 20.5 Å². The van der Waals surface area contributed by atoms with Crippen LogP contribution in [0.3, 0.4) is 0 Å². The maximum absolute atomic E-state index is 13.9. The number of hydrogen-bond donors (Lipinski definition) is 2. The molecule has 1 aliphatic rings. The van der Waals surface area contributed by atoms with Gasteiger partial charge in [-0.2, -0.15) is 4.98 Å². The van der Waals surface area contributed by atoms with Crippen molar-refractivity contribution < 1.29 is 13.7 Å². The molecule has 1 aliphatic heterocycles. The first-order valence-electron chi connectivity index (χ1n) is 10.6. The third-order valence-corrected chi connectivity index (χ3v) is 5.81. The fraction of sp³-hybridized carbons (Fsp3) is 0.348. The quantitative estimate of drug-likeness (QED) is 0.485. The predicted molar refractivity (Wildman–Crippen MR) is 128 cm³/mol. The summed E-state index contributed by atoms with van der Waals surface area (Å²) in [5, 5.41) is 7.70. The van der Waals surface area contributed by atoms with Crippen LogP contribution in [0.15, 0.2) is 53.1 Å². The maximum Gasteiger partial charge on any atom is 0.321 e. The topological polar surface area (TPSA) is 97.3 Å². The van der Waals surface area contributed by atoms with Crippen LogP contribution in [0.2, 0.25) is 5.02 Å². The van der Waals surface area contributed by atoms with E-state index in [2.05, 4.69) is 15.5 Å². The van der Waals surface area contributed by atoms with Crippen LogP contribution in [0.1, 0.15) is 24.8 Å². The number of nitrogens with one attached hydrogen (secondary N) is 1. The Bertz CT molecular complexity index is 1080. The molecule has 1 saturated heterocycles. The number of amides is 1. The molecule has 7 nitrogen and oxygen atoms in total. The van der Waals surface area contributed by atoms with Gasteiger partial charge in [0.2, 0.25) is 11.7 Å². The molecule has 1 aromatic heterocycles. The Kier molecular flexibility index (Phi) is 8.66. The summed E-state index contributed by atoms with van der Waals surface area (Å²) in [5.74, 6) is 0.118. The van der Waals surface area contributed by atoms with Crippen molar-refractivity contribution in [3.8, 4) is 11.4 Å². The van der Waals surface area contributed by atoms with Crippen LogP contribution in [-0.4, -0.2) is 46.1 Å². The first-order valence-corrected chi connectivity index (χ1v) is 11.0. The van der Waals surface area contributed by atoms with Gasteiger partial charge in [-0.25, -0.2) is 4.39 Å². The first kappa shape index (κ1) is 25.0. The lowest BCUT2D eigenvalue weighted by atomic mass is 10.0. The first-order chi connectivity index (χ1) is 15.5. The van der Waals surface area contributed by atoms with Crippen LogP contribution < -0.4 is 11.1 Å². The molecule has 3 N–H and O–H groups in total. The molecule has 0 aliphatic carbocycles. The number of rotatable bonds is 8. The molecule has 3 aromatic rings. The normalized spacial score (nSPS) is 16.3. The molecule has 0 radical (unpaired) electrons. The van der Waals surface area contributed by atoms with Crippen LogP contribution >= 0.6 is 24.0 Å². The van der Waals surface area contributed by atoms with Crippen molar-refractivity contribution in [2.75, 3.05) is 18.4 Å². The second-order valence-corrected chi connectivity index (χ2v) is 8.39. The van der Waals surface area contributed by atoms with Gasteiger partial charge in [0.25, 0.3) is 0 Å². The molecule has 0 spiro atoms. The molecular formula is C23H26Cl2FN5O2. The van der Waals surface area contributed by atoms with Crippen molar-refractivity contribution >= 4 is 35.9 Å². The Morgan fingerprint density at radius 1 is 1.30 bits per heavy atom. The van der Waals surface area contributed by atoms with Crippen LogP contribution in [0.25, 0.3) is 11.4 Å². The number of aromatic nitrogens is 2. The van der Waals surface area contributed by atoms with E-state index in [4.69, 9.17) is 21.9 Å². The summed E-state index contributed by atoms with van der Waals surface area (Å²) in [7, 11) is 0. The molecule has 4 rings (SSSR count). The van der Waals surface area contributed by atoms with E-state index in [1.165, 1.54) is 6.07 Å². The van der Waals surface area contributed by atoms with Gasteiger partial charge in [0.15, 0.2) is 0 Å².